The second-order valence-corrected chi connectivity index (χ2v) is 6.31. The highest BCUT2D eigenvalue weighted by Crippen LogP contribution is 2.12. The number of rotatable bonds is 9. The van der Waals surface area contributed by atoms with E-state index in [9.17, 15) is 9.59 Å². The van der Waals surface area contributed by atoms with Crippen LogP contribution in [0.4, 0.5) is 0 Å². The van der Waals surface area contributed by atoms with Gasteiger partial charge in [0.15, 0.2) is 0 Å². The third-order valence-electron chi connectivity index (χ3n) is 3.02. The van der Waals surface area contributed by atoms with E-state index in [-0.39, 0.29) is 11.8 Å². The maximum absolute atomic E-state index is 12.2. The van der Waals surface area contributed by atoms with E-state index in [0.717, 1.165) is 11.3 Å². The number of carbonyl (C=O) groups is 2. The van der Waals surface area contributed by atoms with Crippen LogP contribution in [0.2, 0.25) is 0 Å². The van der Waals surface area contributed by atoms with Crippen molar-refractivity contribution in [3.05, 3.63) is 35.9 Å². The van der Waals surface area contributed by atoms with Gasteiger partial charge in [-0.05, 0) is 17.7 Å². The third kappa shape index (κ3) is 6.44. The van der Waals surface area contributed by atoms with E-state index < -0.39 is 12.0 Å². The highest BCUT2D eigenvalue weighted by molar-refractivity contribution is 7.99. The van der Waals surface area contributed by atoms with E-state index >= 15 is 0 Å². The molecule has 0 fully saturated rings. The Morgan fingerprint density at radius 3 is 2.52 bits per heavy atom. The number of aliphatic carboxylic acids is 1. The molecular formula is C15H21NO3S2. The Bertz CT molecular complexity index is 453. The molecule has 1 amide bonds. The number of hydrogen-bond acceptors (Lipinski definition) is 4. The minimum absolute atomic E-state index is 0.252. The van der Waals surface area contributed by atoms with Crippen LogP contribution in [0.15, 0.2) is 30.3 Å². The second kappa shape index (κ2) is 9.73. The predicted molar refractivity (Wildman–Crippen MR) is 90.1 cm³/mol. The average molecular weight is 327 g/mol. The highest BCUT2D eigenvalue weighted by atomic mass is 32.2. The zero-order valence-corrected chi connectivity index (χ0v) is 13.7. The molecule has 21 heavy (non-hydrogen) atoms. The van der Waals surface area contributed by atoms with Gasteiger partial charge in [-0.1, -0.05) is 37.3 Å². The summed E-state index contributed by atoms with van der Waals surface area (Å²) < 4.78 is 0. The number of carboxylic acid groups (broad SMARTS) is 1. The number of carbonyl (C=O) groups excluding carboxylic acids is 1. The monoisotopic (exact) mass is 327 g/mol. The molecule has 0 aliphatic carbocycles. The van der Waals surface area contributed by atoms with Gasteiger partial charge in [0.1, 0.15) is 6.04 Å². The van der Waals surface area contributed by atoms with Gasteiger partial charge in [0.2, 0.25) is 5.91 Å². The molecule has 0 aromatic heterocycles. The Hall–Kier alpha value is -1.14. The molecule has 116 valence electrons. The lowest BCUT2D eigenvalue weighted by Gasteiger charge is -2.19. The molecule has 0 spiro atoms. The van der Waals surface area contributed by atoms with Gasteiger partial charge < -0.3 is 10.4 Å². The lowest BCUT2D eigenvalue weighted by Crippen LogP contribution is -2.46. The van der Waals surface area contributed by atoms with Crippen LogP contribution in [0, 0.1) is 5.92 Å². The fraction of sp³-hybridized carbons (Fsp3) is 0.467. The number of benzene rings is 1. The smallest absolute Gasteiger partial charge is 0.327 e. The molecule has 0 aliphatic rings. The maximum atomic E-state index is 12.2. The van der Waals surface area contributed by atoms with E-state index in [1.165, 1.54) is 11.8 Å². The molecule has 6 heteroatoms. The fourth-order valence-electron chi connectivity index (χ4n) is 1.84. The summed E-state index contributed by atoms with van der Waals surface area (Å²) in [6.07, 6.45) is 0.559. The summed E-state index contributed by atoms with van der Waals surface area (Å²) in [7, 11) is 0. The van der Waals surface area contributed by atoms with Crippen molar-refractivity contribution in [2.45, 2.75) is 19.4 Å². The molecule has 0 saturated carbocycles. The first-order chi connectivity index (χ1) is 10.1. The number of hydrogen-bond donors (Lipinski definition) is 3. The SMILES string of the molecule is CCSC[C@@H](NC(=O)C(CS)Cc1ccccc1)C(=O)O. The van der Waals surface area contributed by atoms with E-state index in [1.807, 2.05) is 37.3 Å². The fourth-order valence-corrected chi connectivity index (χ4v) is 2.83. The summed E-state index contributed by atoms with van der Waals surface area (Å²) in [5.74, 6) is -0.000327. The summed E-state index contributed by atoms with van der Waals surface area (Å²) in [5, 5.41) is 11.8. The van der Waals surface area contributed by atoms with Crippen LogP contribution < -0.4 is 5.32 Å². The maximum Gasteiger partial charge on any atom is 0.327 e. The average Bonchev–Trinajstić information content (AvgIpc) is 2.49. The van der Waals surface area contributed by atoms with Gasteiger partial charge in [-0.3, -0.25) is 4.79 Å². The van der Waals surface area contributed by atoms with Crippen LogP contribution >= 0.6 is 24.4 Å². The number of carboxylic acids is 1. The van der Waals surface area contributed by atoms with Crippen LogP contribution in [0.5, 0.6) is 0 Å². The molecule has 1 aromatic rings. The van der Waals surface area contributed by atoms with Crippen molar-refractivity contribution >= 4 is 36.3 Å². The first-order valence-corrected chi connectivity index (χ1v) is 8.62. The third-order valence-corrected chi connectivity index (χ3v) is 4.44. The van der Waals surface area contributed by atoms with Crippen molar-refractivity contribution in [2.24, 2.45) is 5.92 Å². The van der Waals surface area contributed by atoms with Gasteiger partial charge in [0.25, 0.3) is 0 Å². The van der Waals surface area contributed by atoms with E-state index in [2.05, 4.69) is 17.9 Å². The molecule has 4 nitrogen and oxygen atoms in total. The minimum atomic E-state index is -0.998. The zero-order chi connectivity index (χ0) is 15.7. The van der Waals surface area contributed by atoms with Crippen molar-refractivity contribution in [1.82, 2.24) is 5.32 Å². The van der Waals surface area contributed by atoms with Crippen LogP contribution in [0.25, 0.3) is 0 Å². The summed E-state index contributed by atoms with van der Waals surface area (Å²) in [5.41, 5.74) is 1.04. The Morgan fingerprint density at radius 1 is 1.33 bits per heavy atom. The standard InChI is InChI=1S/C15H21NO3S2/c1-2-21-10-13(15(18)19)16-14(17)12(9-20)8-11-6-4-3-5-7-11/h3-7,12-13,20H,2,8-10H2,1H3,(H,16,17)(H,18,19)/t12?,13-/m1/s1. The van der Waals surface area contributed by atoms with Gasteiger partial charge in [-0.2, -0.15) is 24.4 Å². The molecule has 0 bridgehead atoms. The van der Waals surface area contributed by atoms with Crippen LogP contribution in [-0.4, -0.2) is 40.3 Å². The molecule has 1 aromatic carbocycles. The number of thiol groups is 1. The number of nitrogens with one attached hydrogen (secondary N) is 1. The van der Waals surface area contributed by atoms with Crippen molar-refractivity contribution in [2.75, 3.05) is 17.3 Å². The highest BCUT2D eigenvalue weighted by Gasteiger charge is 2.24. The lowest BCUT2D eigenvalue weighted by atomic mass is 10.00. The van der Waals surface area contributed by atoms with Crippen LogP contribution in [0.3, 0.4) is 0 Å². The normalized spacial score (nSPS) is 13.4. The van der Waals surface area contributed by atoms with Crippen LogP contribution in [0.1, 0.15) is 12.5 Å². The van der Waals surface area contributed by atoms with Crippen molar-refractivity contribution in [3.63, 3.8) is 0 Å². The quantitative estimate of drug-likeness (QED) is 0.608. The van der Waals surface area contributed by atoms with E-state index in [1.54, 1.807) is 0 Å². The zero-order valence-electron chi connectivity index (χ0n) is 12.0. The first kappa shape index (κ1) is 17.9. The minimum Gasteiger partial charge on any atom is -0.480 e. The Kier molecular flexibility index (Phi) is 8.30. The Morgan fingerprint density at radius 2 is 2.00 bits per heavy atom. The molecule has 2 atom stereocenters. The molecule has 0 aliphatic heterocycles. The molecular weight excluding hydrogens is 306 g/mol. The summed E-state index contributed by atoms with van der Waals surface area (Å²) in [4.78, 5) is 23.4. The Balaban J connectivity index is 2.62. The Labute approximate surface area is 135 Å². The molecule has 0 heterocycles. The van der Waals surface area contributed by atoms with E-state index in [0.29, 0.717) is 17.9 Å². The van der Waals surface area contributed by atoms with Gasteiger partial charge in [-0.25, -0.2) is 4.79 Å². The molecule has 0 saturated heterocycles. The van der Waals surface area contributed by atoms with E-state index in [4.69, 9.17) is 5.11 Å². The largest absolute Gasteiger partial charge is 0.480 e. The summed E-state index contributed by atoms with van der Waals surface area (Å²) in [6.45, 7) is 1.96. The summed E-state index contributed by atoms with van der Waals surface area (Å²) in [6, 6.07) is 8.81. The lowest BCUT2D eigenvalue weighted by molar-refractivity contribution is -0.141. The topological polar surface area (TPSA) is 66.4 Å². The molecule has 1 unspecified atom stereocenters. The van der Waals surface area contributed by atoms with Gasteiger partial charge in [0.05, 0.1) is 5.92 Å². The first-order valence-electron chi connectivity index (χ1n) is 6.84. The van der Waals surface area contributed by atoms with Crippen molar-refractivity contribution < 1.29 is 14.7 Å². The second-order valence-electron chi connectivity index (χ2n) is 4.63. The summed E-state index contributed by atoms with van der Waals surface area (Å²) >= 11 is 5.71. The van der Waals surface area contributed by atoms with Crippen molar-refractivity contribution in [3.8, 4) is 0 Å². The molecule has 2 N–H and O–H groups in total. The number of amides is 1. The predicted octanol–water partition coefficient (Wildman–Crippen LogP) is 2.10. The van der Waals surface area contributed by atoms with Crippen molar-refractivity contribution in [1.29, 1.82) is 0 Å². The van der Waals surface area contributed by atoms with Gasteiger partial charge in [-0.15, -0.1) is 0 Å². The molecule has 1 rings (SSSR count). The number of thioether (sulfide) groups is 1. The van der Waals surface area contributed by atoms with Crippen LogP contribution in [-0.2, 0) is 16.0 Å². The van der Waals surface area contributed by atoms with Gasteiger partial charge in [0, 0.05) is 11.5 Å². The van der Waals surface area contributed by atoms with Gasteiger partial charge >= 0.3 is 5.97 Å². The molecule has 0 radical (unpaired) electrons.